The highest BCUT2D eigenvalue weighted by Crippen LogP contribution is 2.28. The molecule has 0 spiro atoms. The standard InChI is InChI=1S/C9H12O4/c1-5-2-3-6(8(10)11)7(4-5)9(12)13/h2,6-7H,3-4H2,1H3,(H,10,11)(H,12,13)/p-2/t6-,7+/m1/s1. The minimum atomic E-state index is -1.31. The molecule has 2 atom stereocenters. The summed E-state index contributed by atoms with van der Waals surface area (Å²) in [6, 6.07) is 0. The molecule has 0 saturated heterocycles. The van der Waals surface area contributed by atoms with Gasteiger partial charge in [-0.1, -0.05) is 11.6 Å². The number of carbonyl (C=O) groups is 2. The number of carboxylic acid groups (broad SMARTS) is 2. The molecule has 0 unspecified atom stereocenters. The third kappa shape index (κ3) is 2.08. The summed E-state index contributed by atoms with van der Waals surface area (Å²) in [5.74, 6) is -4.48. The van der Waals surface area contributed by atoms with E-state index >= 15 is 0 Å². The Labute approximate surface area is 75.9 Å². The van der Waals surface area contributed by atoms with Gasteiger partial charge in [0.25, 0.3) is 0 Å². The summed E-state index contributed by atoms with van der Waals surface area (Å²) < 4.78 is 0. The van der Waals surface area contributed by atoms with Crippen molar-refractivity contribution in [3.63, 3.8) is 0 Å². The Kier molecular flexibility index (Phi) is 2.70. The van der Waals surface area contributed by atoms with Crippen molar-refractivity contribution in [2.24, 2.45) is 11.8 Å². The summed E-state index contributed by atoms with van der Waals surface area (Å²) >= 11 is 0. The summed E-state index contributed by atoms with van der Waals surface area (Å²) in [6.07, 6.45) is 2.22. The maximum absolute atomic E-state index is 10.6. The Bertz CT molecular complexity index is 267. The molecule has 0 aromatic carbocycles. The van der Waals surface area contributed by atoms with Crippen molar-refractivity contribution < 1.29 is 19.8 Å². The van der Waals surface area contributed by atoms with Crippen LogP contribution >= 0.6 is 0 Å². The molecule has 72 valence electrons. The summed E-state index contributed by atoms with van der Waals surface area (Å²) in [6.45, 7) is 1.78. The average molecular weight is 182 g/mol. The highest BCUT2D eigenvalue weighted by Gasteiger charge is 2.26. The second-order valence-corrected chi connectivity index (χ2v) is 3.34. The van der Waals surface area contributed by atoms with Gasteiger partial charge in [0, 0.05) is 23.8 Å². The van der Waals surface area contributed by atoms with Crippen molar-refractivity contribution >= 4 is 11.9 Å². The fourth-order valence-corrected chi connectivity index (χ4v) is 1.57. The number of carbonyl (C=O) groups excluding carboxylic acids is 2. The van der Waals surface area contributed by atoms with E-state index < -0.39 is 23.8 Å². The van der Waals surface area contributed by atoms with Crippen LogP contribution in [-0.2, 0) is 9.59 Å². The Balaban J connectivity index is 2.83. The predicted molar refractivity (Wildman–Crippen MR) is 40.0 cm³/mol. The molecule has 1 rings (SSSR count). The molecule has 0 radical (unpaired) electrons. The number of carboxylic acids is 2. The first-order valence-electron chi connectivity index (χ1n) is 4.09. The third-order valence-corrected chi connectivity index (χ3v) is 2.35. The van der Waals surface area contributed by atoms with Crippen LogP contribution in [0, 0.1) is 11.8 Å². The Morgan fingerprint density at radius 1 is 1.31 bits per heavy atom. The summed E-state index contributed by atoms with van der Waals surface area (Å²) in [4.78, 5) is 21.1. The van der Waals surface area contributed by atoms with Crippen LogP contribution in [-0.4, -0.2) is 11.9 Å². The fraction of sp³-hybridized carbons (Fsp3) is 0.556. The molecule has 1 aliphatic rings. The molecule has 0 aromatic heterocycles. The van der Waals surface area contributed by atoms with Gasteiger partial charge in [0.2, 0.25) is 0 Å². The number of aliphatic carboxylic acids is 2. The molecule has 1 aliphatic carbocycles. The van der Waals surface area contributed by atoms with Crippen LogP contribution in [0.15, 0.2) is 11.6 Å². The molecular weight excluding hydrogens is 172 g/mol. The van der Waals surface area contributed by atoms with Gasteiger partial charge in [-0.25, -0.2) is 0 Å². The van der Waals surface area contributed by atoms with Gasteiger partial charge in [-0.3, -0.25) is 0 Å². The van der Waals surface area contributed by atoms with E-state index in [1.807, 2.05) is 0 Å². The first-order valence-corrected chi connectivity index (χ1v) is 4.09. The predicted octanol–water partition coefficient (Wildman–Crippen LogP) is -1.54. The van der Waals surface area contributed by atoms with E-state index in [-0.39, 0.29) is 12.8 Å². The molecule has 0 heterocycles. The van der Waals surface area contributed by atoms with Crippen LogP contribution in [0.25, 0.3) is 0 Å². The summed E-state index contributed by atoms with van der Waals surface area (Å²) in [5, 5.41) is 21.1. The molecule has 4 nitrogen and oxygen atoms in total. The lowest BCUT2D eigenvalue weighted by Gasteiger charge is -2.31. The lowest BCUT2D eigenvalue weighted by atomic mass is 9.80. The highest BCUT2D eigenvalue weighted by atomic mass is 16.4. The van der Waals surface area contributed by atoms with Gasteiger partial charge in [-0.05, 0) is 19.8 Å². The zero-order chi connectivity index (χ0) is 10.0. The highest BCUT2D eigenvalue weighted by molar-refractivity contribution is 5.78. The topological polar surface area (TPSA) is 80.3 Å². The number of hydrogen-bond donors (Lipinski definition) is 0. The average Bonchev–Trinajstić information content (AvgIpc) is 2.03. The maximum Gasteiger partial charge on any atom is 0.0455 e. The number of rotatable bonds is 2. The first-order chi connectivity index (χ1) is 6.02. The van der Waals surface area contributed by atoms with Crippen LogP contribution in [0.2, 0.25) is 0 Å². The van der Waals surface area contributed by atoms with Crippen LogP contribution in [0.1, 0.15) is 19.8 Å². The van der Waals surface area contributed by atoms with Crippen molar-refractivity contribution in [2.75, 3.05) is 0 Å². The molecule has 0 aliphatic heterocycles. The summed E-state index contributed by atoms with van der Waals surface area (Å²) in [7, 11) is 0. The van der Waals surface area contributed by atoms with Gasteiger partial charge in [0.05, 0.1) is 0 Å². The van der Waals surface area contributed by atoms with Crippen LogP contribution in [0.3, 0.4) is 0 Å². The Morgan fingerprint density at radius 3 is 2.31 bits per heavy atom. The first kappa shape index (κ1) is 9.77. The molecule has 0 bridgehead atoms. The van der Waals surface area contributed by atoms with Gasteiger partial charge in [-0.15, -0.1) is 0 Å². The molecule has 0 amide bonds. The van der Waals surface area contributed by atoms with E-state index in [1.165, 1.54) is 0 Å². The molecule has 0 N–H and O–H groups in total. The van der Waals surface area contributed by atoms with Crippen molar-refractivity contribution in [1.82, 2.24) is 0 Å². The number of hydrogen-bond acceptors (Lipinski definition) is 4. The zero-order valence-electron chi connectivity index (χ0n) is 7.28. The Hall–Kier alpha value is -1.32. The minimum Gasteiger partial charge on any atom is -0.550 e. The van der Waals surface area contributed by atoms with Gasteiger partial charge in [-0.2, -0.15) is 0 Å². The van der Waals surface area contributed by atoms with Crippen molar-refractivity contribution in [3.8, 4) is 0 Å². The quantitative estimate of drug-likeness (QED) is 0.485. The maximum atomic E-state index is 10.6. The summed E-state index contributed by atoms with van der Waals surface area (Å²) in [5.41, 5.74) is 0.895. The van der Waals surface area contributed by atoms with Crippen molar-refractivity contribution in [3.05, 3.63) is 11.6 Å². The zero-order valence-corrected chi connectivity index (χ0v) is 7.28. The SMILES string of the molecule is CC1=CC[C@@H](C(=O)[O-])[C@@H](C(=O)[O-])C1. The van der Waals surface area contributed by atoms with Gasteiger partial charge in [0.1, 0.15) is 0 Å². The van der Waals surface area contributed by atoms with E-state index in [0.717, 1.165) is 5.57 Å². The normalized spacial score (nSPS) is 27.9. The molecule has 0 aromatic rings. The minimum absolute atomic E-state index is 0.229. The number of allylic oxidation sites excluding steroid dienone is 2. The smallest absolute Gasteiger partial charge is 0.0455 e. The lowest BCUT2D eigenvalue weighted by molar-refractivity contribution is -0.326. The van der Waals surface area contributed by atoms with Crippen LogP contribution in [0.4, 0.5) is 0 Å². The molecule has 13 heavy (non-hydrogen) atoms. The van der Waals surface area contributed by atoms with Gasteiger partial charge < -0.3 is 19.8 Å². The van der Waals surface area contributed by atoms with E-state index in [2.05, 4.69) is 0 Å². The van der Waals surface area contributed by atoms with Crippen LogP contribution < -0.4 is 10.2 Å². The van der Waals surface area contributed by atoms with E-state index in [0.29, 0.717) is 0 Å². The Morgan fingerprint density at radius 2 is 1.85 bits per heavy atom. The van der Waals surface area contributed by atoms with E-state index in [4.69, 9.17) is 0 Å². The monoisotopic (exact) mass is 182 g/mol. The van der Waals surface area contributed by atoms with Crippen molar-refractivity contribution in [2.45, 2.75) is 19.8 Å². The van der Waals surface area contributed by atoms with Gasteiger partial charge >= 0.3 is 0 Å². The second kappa shape index (κ2) is 3.60. The van der Waals surface area contributed by atoms with Crippen molar-refractivity contribution in [1.29, 1.82) is 0 Å². The molecule has 0 saturated carbocycles. The van der Waals surface area contributed by atoms with Gasteiger partial charge in [0.15, 0.2) is 0 Å². The largest absolute Gasteiger partial charge is 0.550 e. The second-order valence-electron chi connectivity index (χ2n) is 3.34. The lowest BCUT2D eigenvalue weighted by Crippen LogP contribution is -2.45. The van der Waals surface area contributed by atoms with Crippen LogP contribution in [0.5, 0.6) is 0 Å². The fourth-order valence-electron chi connectivity index (χ4n) is 1.57. The van der Waals surface area contributed by atoms with E-state index in [9.17, 15) is 19.8 Å². The molecular formula is C9H10O4-2. The molecule has 0 fully saturated rings. The molecule has 4 heteroatoms. The third-order valence-electron chi connectivity index (χ3n) is 2.35. The van der Waals surface area contributed by atoms with E-state index in [1.54, 1.807) is 13.0 Å².